The van der Waals surface area contributed by atoms with E-state index >= 15 is 0 Å². The van der Waals surface area contributed by atoms with E-state index in [2.05, 4.69) is 4.74 Å². The molecule has 20 N–H and O–H groups in total. The predicted octanol–water partition coefficient (Wildman–Crippen LogP) is -13.5. The van der Waals surface area contributed by atoms with Gasteiger partial charge in [-0.25, -0.2) is 28.8 Å². The zero-order valence-corrected chi connectivity index (χ0v) is 36.2. The summed E-state index contributed by atoms with van der Waals surface area (Å²) < 4.78 is 56.5. The molecule has 0 aliphatic carbocycles. The second-order valence-corrected chi connectivity index (χ2v) is 17.0. The van der Waals surface area contributed by atoms with Crippen LogP contribution in [-0.2, 0) is 80.9 Å². The van der Waals surface area contributed by atoms with Crippen molar-refractivity contribution < 1.29 is 183 Å². The molecule has 0 amide bonds. The largest absolute Gasteiger partial charge is 0.479 e. The first-order valence-corrected chi connectivity index (χ1v) is 21.1. The minimum Gasteiger partial charge on any atom is -0.479 e. The summed E-state index contributed by atoms with van der Waals surface area (Å²) in [4.78, 5) is 72.8. The van der Waals surface area contributed by atoms with Crippen LogP contribution in [0.5, 0.6) is 0 Å². The summed E-state index contributed by atoms with van der Waals surface area (Å²) >= 11 is 0. The Morgan fingerprint density at radius 3 is 0.658 bits per heavy atom. The molecule has 0 saturated carbocycles. The molecule has 0 aromatic rings. The summed E-state index contributed by atoms with van der Waals surface area (Å²) in [6, 6.07) is 0. The van der Waals surface area contributed by atoms with Crippen LogP contribution in [-0.4, -0.2) is 322 Å². The van der Waals surface area contributed by atoms with E-state index in [1.165, 1.54) is 0 Å². The molecule has 6 rings (SSSR count). The summed E-state index contributed by atoms with van der Waals surface area (Å²) in [6.45, 7) is 0. The first kappa shape index (κ1) is 58.1. The van der Waals surface area contributed by atoms with Crippen LogP contribution >= 0.6 is 0 Å². The van der Waals surface area contributed by atoms with Crippen molar-refractivity contribution in [3.8, 4) is 0 Å². The number of aliphatic hydroxyl groups excluding tert-OH is 14. The summed E-state index contributed by atoms with van der Waals surface area (Å²) in [6.07, 6.45) is -73.7. The molecule has 0 bridgehead atoms. The fraction of sp³-hybridized carbons (Fsp3) is 0.833. The fourth-order valence-electron chi connectivity index (χ4n) is 8.34. The molecule has 6 saturated heterocycles. The van der Waals surface area contributed by atoms with Gasteiger partial charge in [-0.2, -0.15) is 0 Å². The van der Waals surface area contributed by atoms with Gasteiger partial charge < -0.3 is 154 Å². The molecule has 6 fully saturated rings. The van der Waals surface area contributed by atoms with Crippen LogP contribution in [0.15, 0.2) is 0 Å². The maximum atomic E-state index is 12.5. The van der Waals surface area contributed by atoms with Gasteiger partial charge in [-0.1, -0.05) is 0 Å². The minimum atomic E-state index is -2.64. The highest BCUT2D eigenvalue weighted by Gasteiger charge is 2.60. The van der Waals surface area contributed by atoms with Crippen LogP contribution in [0.4, 0.5) is 0 Å². The number of carboxylic acid groups (broad SMARTS) is 6. The van der Waals surface area contributed by atoms with E-state index in [9.17, 15) is 131 Å². The van der Waals surface area contributed by atoms with Crippen LogP contribution in [0, 0.1) is 0 Å². The summed E-state index contributed by atoms with van der Waals surface area (Å²) in [7, 11) is 0. The van der Waals surface area contributed by atoms with Crippen molar-refractivity contribution in [2.75, 3.05) is 0 Å². The maximum absolute atomic E-state index is 12.5. The second-order valence-electron chi connectivity index (χ2n) is 17.0. The van der Waals surface area contributed by atoms with Crippen LogP contribution < -0.4 is 0 Å². The van der Waals surface area contributed by atoms with Gasteiger partial charge in [0.25, 0.3) is 0 Å². The molecule has 0 unspecified atom stereocenters. The Hall–Kier alpha value is -4.18. The molecule has 416 valence electrons. The van der Waals surface area contributed by atoms with Gasteiger partial charge in [0.1, 0.15) is 110 Å². The highest BCUT2D eigenvalue weighted by Crippen LogP contribution is 2.37. The molecule has 6 heterocycles. The zero-order valence-electron chi connectivity index (χ0n) is 36.2. The van der Waals surface area contributed by atoms with E-state index in [0.717, 1.165) is 0 Å². The van der Waals surface area contributed by atoms with Gasteiger partial charge in [0.2, 0.25) is 0 Å². The average Bonchev–Trinajstić information content (AvgIpc) is 3.31. The predicted molar refractivity (Wildman–Crippen MR) is 202 cm³/mol. The first-order valence-electron chi connectivity index (χ1n) is 21.1. The third-order valence-electron chi connectivity index (χ3n) is 12.2. The minimum absolute atomic E-state index is 1.90. The molecule has 37 nitrogen and oxygen atoms in total. The SMILES string of the molecule is O=C(O)[C@H]1O[C@H](O[C@@H]2[C@H](O)[C@@H](O)[C@@H](O[C@@H]3[C@H](O)[C@@H](O)[C@@H](O[C@@H]4[C@H](O)[C@@H](O)[C@@H](O[C@@H]5[C@H](O)[C@@H](O)[C@@H](O[C@@H]6[C@H](O)[C@@H](O)[C@H](O)O[C@@H]6C(=O)O)O[C@@H]5C(=O)O)O[C@@H]4C(=O)O)O[C@@H]3C(=O)O)O[C@@H]2C(=O)O)[C@H](O)[C@@H](O)[C@H]1O. The lowest BCUT2D eigenvalue weighted by atomic mass is 9.95. The molecule has 30 atom stereocenters. The molecule has 0 spiro atoms. The number of aliphatic hydroxyl groups is 14. The Labute approximate surface area is 403 Å². The number of carboxylic acids is 6. The quantitative estimate of drug-likeness (QED) is 0.0682. The molecule has 6 aliphatic rings. The lowest BCUT2D eigenvalue weighted by Gasteiger charge is -2.48. The van der Waals surface area contributed by atoms with E-state index in [-0.39, 0.29) is 0 Å². The number of hydrogen-bond donors (Lipinski definition) is 20. The van der Waals surface area contributed by atoms with E-state index in [1.54, 1.807) is 0 Å². The van der Waals surface area contributed by atoms with Gasteiger partial charge in [0.15, 0.2) is 74.4 Å². The summed E-state index contributed by atoms with van der Waals surface area (Å²) in [5.41, 5.74) is 0. The summed E-state index contributed by atoms with van der Waals surface area (Å²) in [5.74, 6) is -12.2. The highest BCUT2D eigenvalue weighted by atomic mass is 16.8. The lowest BCUT2D eigenvalue weighted by Crippen LogP contribution is -2.69. The lowest BCUT2D eigenvalue weighted by molar-refractivity contribution is -0.386. The van der Waals surface area contributed by atoms with Crippen LogP contribution in [0.1, 0.15) is 0 Å². The van der Waals surface area contributed by atoms with Gasteiger partial charge in [-0.3, -0.25) is 0 Å². The van der Waals surface area contributed by atoms with Crippen molar-refractivity contribution in [2.24, 2.45) is 0 Å². The molecule has 0 aromatic heterocycles. The number of ether oxygens (including phenoxy) is 11. The fourth-order valence-corrected chi connectivity index (χ4v) is 8.34. The monoisotopic (exact) mass is 1070 g/mol. The van der Waals surface area contributed by atoms with Gasteiger partial charge in [-0.15, -0.1) is 0 Å². The molecule has 73 heavy (non-hydrogen) atoms. The Kier molecular flexibility index (Phi) is 18.3. The van der Waals surface area contributed by atoms with Gasteiger partial charge in [0.05, 0.1) is 0 Å². The highest BCUT2D eigenvalue weighted by molar-refractivity contribution is 5.76. The third kappa shape index (κ3) is 11.5. The molecule has 0 aromatic carbocycles. The van der Waals surface area contributed by atoms with Crippen LogP contribution in [0.3, 0.4) is 0 Å². The van der Waals surface area contributed by atoms with Crippen LogP contribution in [0.2, 0.25) is 0 Å². The Morgan fingerprint density at radius 2 is 0.425 bits per heavy atom. The smallest absolute Gasteiger partial charge is 0.335 e. The van der Waals surface area contributed by atoms with Crippen LogP contribution in [0.25, 0.3) is 0 Å². The average molecular weight is 1070 g/mol. The van der Waals surface area contributed by atoms with E-state index < -0.39 is 220 Å². The standard InChI is InChI=1S/C36H50O37/c37-1-2(38)19(25(50)51)69-32(9(1)45)65-15-4(40)11(47)34(71-21(15)27(54)55)67-17-6(42)13(49)36(73-23(17)29(58)59)68-18-7(43)12(48)35(72-24(18)30(60)61)66-16-5(41)10(46)33(70-22(16)28(56)57)64-14-3(39)8(44)31(62)63-20(14)26(52)53/h1-24,31-49,62H,(H,50,51)(H,52,53)(H,54,55)(H,56,57)(H,58,59)(H,60,61)/t1-,2+,3+,4+,5+,6+,7+,8+,9+,10+,11+,12+,13+,14+,15+,16+,17+,18+,19-,20-,21-,22-,23-,24-,31+,32-,33-,34-,35-,36-/m0/s1. The van der Waals surface area contributed by atoms with Crippen molar-refractivity contribution in [3.63, 3.8) is 0 Å². The van der Waals surface area contributed by atoms with Crippen molar-refractivity contribution in [2.45, 2.75) is 184 Å². The Bertz CT molecular complexity index is 1990. The second kappa shape index (κ2) is 23.0. The Morgan fingerprint density at radius 1 is 0.233 bits per heavy atom. The topological polar surface area (TPSA) is 609 Å². The normalized spacial score (nSPS) is 49.6. The van der Waals surface area contributed by atoms with Crippen molar-refractivity contribution in [3.05, 3.63) is 0 Å². The van der Waals surface area contributed by atoms with Gasteiger partial charge in [-0.05, 0) is 0 Å². The number of aliphatic carboxylic acids is 6. The number of rotatable bonds is 16. The molecular weight excluding hydrogens is 1020 g/mol. The van der Waals surface area contributed by atoms with Crippen molar-refractivity contribution in [1.82, 2.24) is 0 Å². The summed E-state index contributed by atoms with van der Waals surface area (Å²) in [5, 5.41) is 207. The van der Waals surface area contributed by atoms with Crippen molar-refractivity contribution >= 4 is 35.8 Å². The molecule has 6 aliphatic heterocycles. The number of carbonyl (C=O) groups is 6. The molecular formula is C36H50O37. The maximum Gasteiger partial charge on any atom is 0.335 e. The molecule has 37 heteroatoms. The first-order chi connectivity index (χ1) is 34.0. The van der Waals surface area contributed by atoms with Crippen molar-refractivity contribution in [1.29, 1.82) is 0 Å². The molecule has 0 radical (unpaired) electrons. The van der Waals surface area contributed by atoms with Gasteiger partial charge >= 0.3 is 35.8 Å². The van der Waals surface area contributed by atoms with E-state index in [4.69, 9.17) is 47.4 Å². The third-order valence-corrected chi connectivity index (χ3v) is 12.2. The Balaban J connectivity index is 1.13. The zero-order chi connectivity index (χ0) is 54.6. The van der Waals surface area contributed by atoms with Gasteiger partial charge in [0, 0.05) is 0 Å². The van der Waals surface area contributed by atoms with E-state index in [0.29, 0.717) is 0 Å². The number of hydrogen-bond acceptors (Lipinski definition) is 31. The van der Waals surface area contributed by atoms with E-state index in [1.807, 2.05) is 0 Å².